The lowest BCUT2D eigenvalue weighted by Gasteiger charge is -2.26. The van der Waals surface area contributed by atoms with E-state index in [1.807, 2.05) is 43.0 Å². The molecule has 1 aliphatic carbocycles. The third-order valence-electron chi connectivity index (χ3n) is 4.44. The molecule has 148 valence electrons. The Bertz CT molecular complexity index is 922. The van der Waals surface area contributed by atoms with E-state index in [9.17, 15) is 4.39 Å². The summed E-state index contributed by atoms with van der Waals surface area (Å²) in [5.74, 6) is 0.742. The number of hydrogen-bond acceptors (Lipinski definition) is 5. The van der Waals surface area contributed by atoms with E-state index in [4.69, 9.17) is 4.74 Å². The summed E-state index contributed by atoms with van der Waals surface area (Å²) in [6.45, 7) is 2.03. The van der Waals surface area contributed by atoms with Gasteiger partial charge in [-0.25, -0.2) is 9.37 Å². The summed E-state index contributed by atoms with van der Waals surface area (Å²) >= 11 is 3.20. The highest BCUT2D eigenvalue weighted by molar-refractivity contribution is 7.98. The summed E-state index contributed by atoms with van der Waals surface area (Å²) in [5.41, 5.74) is 3.41. The molecule has 0 bridgehead atoms. The molecule has 0 unspecified atom stereocenters. The van der Waals surface area contributed by atoms with Crippen LogP contribution in [0.4, 0.5) is 10.1 Å². The normalized spacial score (nSPS) is 13.8. The quantitative estimate of drug-likeness (QED) is 0.434. The fourth-order valence-corrected chi connectivity index (χ4v) is 3.75. The summed E-state index contributed by atoms with van der Waals surface area (Å²) < 4.78 is 20.4. The number of thiazole rings is 1. The fourth-order valence-electron chi connectivity index (χ4n) is 2.63. The van der Waals surface area contributed by atoms with Gasteiger partial charge in [0.2, 0.25) is 0 Å². The lowest BCUT2D eigenvalue weighted by molar-refractivity contribution is 0.122. The minimum atomic E-state index is -0.211. The van der Waals surface area contributed by atoms with E-state index >= 15 is 0 Å². The van der Waals surface area contributed by atoms with Crippen molar-refractivity contribution in [3.8, 4) is 5.75 Å². The molecule has 0 saturated heterocycles. The first-order valence-corrected chi connectivity index (χ1v) is 11.6. The lowest BCUT2D eigenvalue weighted by atomic mass is 9.96. The van der Waals surface area contributed by atoms with Crippen molar-refractivity contribution in [3.63, 3.8) is 0 Å². The number of nitrogens with one attached hydrogen (secondary N) is 1. The Hall–Kier alpha value is -2.05. The van der Waals surface area contributed by atoms with E-state index in [0.29, 0.717) is 11.8 Å². The second-order valence-electron chi connectivity index (χ2n) is 6.43. The van der Waals surface area contributed by atoms with Crippen molar-refractivity contribution in [2.75, 3.05) is 11.6 Å². The van der Waals surface area contributed by atoms with E-state index < -0.39 is 0 Å². The van der Waals surface area contributed by atoms with Gasteiger partial charge in [0.15, 0.2) is 0 Å². The number of thioether (sulfide) groups is 1. The largest absolute Gasteiger partial charge is 0.488 e. The van der Waals surface area contributed by atoms with Crippen LogP contribution < -0.4 is 10.1 Å². The number of allylic oxidation sites excluding steroid dienone is 1. The Morgan fingerprint density at radius 3 is 2.86 bits per heavy atom. The number of para-hydroxylation sites is 1. The topological polar surface area (TPSA) is 34.1 Å². The van der Waals surface area contributed by atoms with Crippen LogP contribution >= 0.6 is 23.1 Å². The predicted molar refractivity (Wildman–Crippen MR) is 119 cm³/mol. The Kier molecular flexibility index (Phi) is 7.74. The minimum absolute atomic E-state index is 0.211. The second-order valence-corrected chi connectivity index (χ2v) is 8.19. The van der Waals surface area contributed by atoms with Crippen molar-refractivity contribution in [1.29, 1.82) is 0 Å². The van der Waals surface area contributed by atoms with Gasteiger partial charge in [-0.3, -0.25) is 0 Å². The van der Waals surface area contributed by atoms with Crippen molar-refractivity contribution in [1.82, 2.24) is 4.98 Å². The third kappa shape index (κ3) is 5.49. The van der Waals surface area contributed by atoms with Gasteiger partial charge in [-0.1, -0.05) is 19.1 Å². The molecule has 4 rings (SSSR count). The molecule has 2 aromatic carbocycles. The molecular weight excluding hydrogens is 391 g/mol. The van der Waals surface area contributed by atoms with E-state index in [0.717, 1.165) is 22.6 Å². The zero-order valence-corrected chi connectivity index (χ0v) is 17.8. The first-order chi connectivity index (χ1) is 13.7. The highest BCUT2D eigenvalue weighted by atomic mass is 32.2. The van der Waals surface area contributed by atoms with Crippen LogP contribution in [0.25, 0.3) is 10.2 Å². The van der Waals surface area contributed by atoms with Gasteiger partial charge in [-0.15, -0.1) is 23.1 Å². The smallest absolute Gasteiger partial charge is 0.147 e. The van der Waals surface area contributed by atoms with E-state index in [-0.39, 0.29) is 5.82 Å². The maximum Gasteiger partial charge on any atom is 0.147 e. The first-order valence-electron chi connectivity index (χ1n) is 9.45. The monoisotopic (exact) mass is 416 g/mol. The molecule has 0 amide bonds. The molecule has 28 heavy (non-hydrogen) atoms. The van der Waals surface area contributed by atoms with Gasteiger partial charge in [0.1, 0.15) is 17.1 Å². The summed E-state index contributed by atoms with van der Waals surface area (Å²) in [4.78, 5) is 5.26. The van der Waals surface area contributed by atoms with E-state index in [2.05, 4.69) is 16.4 Å². The number of nitrogens with zero attached hydrogens (tertiary/aromatic N) is 1. The molecule has 0 aliphatic heterocycles. The molecule has 0 atom stereocenters. The zero-order chi connectivity index (χ0) is 19.8. The summed E-state index contributed by atoms with van der Waals surface area (Å²) in [5, 5.41) is 2.90. The van der Waals surface area contributed by atoms with Crippen molar-refractivity contribution in [2.45, 2.75) is 43.6 Å². The number of rotatable bonds is 6. The van der Waals surface area contributed by atoms with Gasteiger partial charge in [-0.2, -0.15) is 0 Å². The second kappa shape index (κ2) is 10.5. The lowest BCUT2D eigenvalue weighted by Crippen LogP contribution is -2.24. The van der Waals surface area contributed by atoms with Crippen LogP contribution in [-0.2, 0) is 0 Å². The van der Waals surface area contributed by atoms with Crippen molar-refractivity contribution < 1.29 is 9.13 Å². The molecule has 6 heteroatoms. The van der Waals surface area contributed by atoms with Crippen LogP contribution in [0.2, 0.25) is 0 Å². The predicted octanol–water partition coefficient (Wildman–Crippen LogP) is 7.11. The molecule has 1 N–H and O–H groups in total. The maximum absolute atomic E-state index is 13.4. The van der Waals surface area contributed by atoms with Crippen LogP contribution in [0.1, 0.15) is 32.6 Å². The molecule has 0 spiro atoms. The van der Waals surface area contributed by atoms with E-state index in [1.165, 1.54) is 41.8 Å². The number of benzene rings is 2. The third-order valence-corrected chi connectivity index (χ3v) is 5.96. The Morgan fingerprint density at radius 1 is 1.32 bits per heavy atom. The van der Waals surface area contributed by atoms with Crippen LogP contribution in [0.5, 0.6) is 5.75 Å². The average Bonchev–Trinajstić information content (AvgIpc) is 3.16. The summed E-state index contributed by atoms with van der Waals surface area (Å²) in [7, 11) is 0. The number of ether oxygens (including phenoxy) is 1. The minimum Gasteiger partial charge on any atom is -0.488 e. The Labute approximate surface area is 174 Å². The highest BCUT2D eigenvalue weighted by Crippen LogP contribution is 2.31. The molecule has 1 aromatic heterocycles. The number of fused-ring (bicyclic) bond motifs is 1. The fraction of sp³-hybridized carbons (Fsp3) is 0.318. The number of halogens is 1. The summed E-state index contributed by atoms with van der Waals surface area (Å²) in [6, 6.07) is 11.3. The zero-order valence-electron chi connectivity index (χ0n) is 16.2. The van der Waals surface area contributed by atoms with Crippen molar-refractivity contribution >= 4 is 39.0 Å². The van der Waals surface area contributed by atoms with Crippen LogP contribution in [-0.4, -0.2) is 17.3 Å². The van der Waals surface area contributed by atoms with E-state index in [1.54, 1.807) is 23.6 Å². The molecule has 0 radical (unpaired) electrons. The van der Waals surface area contributed by atoms with Crippen LogP contribution in [0.3, 0.4) is 0 Å². The van der Waals surface area contributed by atoms with Gasteiger partial charge in [0.25, 0.3) is 0 Å². The van der Waals surface area contributed by atoms with Gasteiger partial charge in [0.05, 0.1) is 22.0 Å². The number of anilines is 1. The molecule has 1 saturated carbocycles. The Morgan fingerprint density at radius 2 is 2.18 bits per heavy atom. The molecule has 3 aromatic rings. The number of hydrogen-bond donors (Lipinski definition) is 1. The maximum atomic E-state index is 13.4. The Balaban J connectivity index is 0.000000161. The standard InChI is InChI=1S/C11H14FNS.C11H11NOS/c1-3-4-7-13-11-6-5-9(14-2)8-10(11)12;1-3-8(4-1)13-9-5-2-6-10-11(9)12-7-14-10/h4-8,13H,3H2,1-2H3;2,5-8H,1,3-4H2/b7-4+;. The van der Waals surface area contributed by atoms with Crippen molar-refractivity contribution in [2.24, 2.45) is 0 Å². The van der Waals surface area contributed by atoms with Crippen LogP contribution in [0.15, 0.2) is 59.1 Å². The highest BCUT2D eigenvalue weighted by Gasteiger charge is 2.20. The summed E-state index contributed by atoms with van der Waals surface area (Å²) in [6.07, 6.45) is 10.7. The van der Waals surface area contributed by atoms with Crippen molar-refractivity contribution in [3.05, 3.63) is 60.0 Å². The molecule has 1 fully saturated rings. The van der Waals surface area contributed by atoms with Crippen LogP contribution in [0, 0.1) is 5.82 Å². The SMILES string of the molecule is CC/C=C/Nc1ccc(SC)cc1F.c1cc(OC2CCC2)c2ncsc2c1. The van der Waals surface area contributed by atoms with Gasteiger partial charge in [0, 0.05) is 4.90 Å². The number of aromatic nitrogens is 1. The molecule has 1 heterocycles. The molecule has 3 nitrogen and oxygen atoms in total. The van der Waals surface area contributed by atoms with Gasteiger partial charge < -0.3 is 10.1 Å². The first kappa shape index (κ1) is 20.7. The van der Waals surface area contributed by atoms with Gasteiger partial charge in [-0.05, 0) is 68.5 Å². The van der Waals surface area contributed by atoms with Gasteiger partial charge >= 0.3 is 0 Å². The molecular formula is C22H25FN2OS2. The molecule has 1 aliphatic rings. The average molecular weight is 417 g/mol.